The molecule has 3 rings (SSSR count). The van der Waals surface area contributed by atoms with Crippen LogP contribution in [0.3, 0.4) is 0 Å². The molecule has 0 bridgehead atoms. The second-order valence-corrected chi connectivity index (χ2v) is 5.47. The van der Waals surface area contributed by atoms with E-state index in [0.29, 0.717) is 12.2 Å². The lowest BCUT2D eigenvalue weighted by atomic mass is 10.0. The highest BCUT2D eigenvalue weighted by Gasteiger charge is 2.46. The van der Waals surface area contributed by atoms with Gasteiger partial charge < -0.3 is 4.90 Å². The van der Waals surface area contributed by atoms with Gasteiger partial charge in [-0.25, -0.2) is 9.69 Å². The van der Waals surface area contributed by atoms with Crippen LogP contribution < -0.4 is 4.90 Å². The van der Waals surface area contributed by atoms with Crippen molar-refractivity contribution in [3.05, 3.63) is 28.7 Å². The van der Waals surface area contributed by atoms with E-state index in [-0.39, 0.29) is 18.0 Å². The number of carbonyl (C=O) groups is 2. The van der Waals surface area contributed by atoms with Crippen molar-refractivity contribution in [2.75, 3.05) is 11.4 Å². The molecule has 5 heteroatoms. The van der Waals surface area contributed by atoms with Crippen LogP contribution in [0.4, 0.5) is 10.5 Å². The minimum Gasteiger partial charge on any atom is -0.312 e. The van der Waals surface area contributed by atoms with E-state index in [0.717, 1.165) is 23.7 Å². The number of imide groups is 1. The van der Waals surface area contributed by atoms with Crippen LogP contribution >= 0.6 is 15.9 Å². The summed E-state index contributed by atoms with van der Waals surface area (Å²) in [5.41, 5.74) is 0.641. The Kier molecular flexibility index (Phi) is 2.86. The zero-order valence-electron chi connectivity index (χ0n) is 9.80. The fourth-order valence-corrected chi connectivity index (χ4v) is 3.11. The van der Waals surface area contributed by atoms with Gasteiger partial charge in [-0.3, -0.25) is 4.79 Å². The summed E-state index contributed by atoms with van der Waals surface area (Å²) in [6.07, 6.45) is 2.79. The minimum absolute atomic E-state index is 0.0911. The van der Waals surface area contributed by atoms with Crippen molar-refractivity contribution in [3.63, 3.8) is 0 Å². The second kappa shape index (κ2) is 4.39. The number of anilines is 1. The molecule has 0 N–H and O–H groups in total. The predicted octanol–water partition coefficient (Wildman–Crippen LogP) is 2.77. The molecule has 2 aliphatic rings. The molecule has 3 amide bonds. The van der Waals surface area contributed by atoms with Crippen molar-refractivity contribution in [1.82, 2.24) is 4.90 Å². The van der Waals surface area contributed by atoms with Crippen LogP contribution in [0.15, 0.2) is 28.7 Å². The lowest BCUT2D eigenvalue weighted by Gasteiger charge is -2.25. The van der Waals surface area contributed by atoms with E-state index in [1.807, 2.05) is 18.2 Å². The van der Waals surface area contributed by atoms with E-state index >= 15 is 0 Å². The summed E-state index contributed by atoms with van der Waals surface area (Å²) in [5, 5.41) is 0. The first-order chi connectivity index (χ1) is 8.70. The third-order valence-electron chi connectivity index (χ3n) is 3.54. The Bertz CT molecular complexity index is 493. The van der Waals surface area contributed by atoms with Gasteiger partial charge in [-0.05, 0) is 47.3 Å². The molecule has 0 radical (unpaired) electrons. The Balaban J connectivity index is 2.00. The number of hydrogen-bond donors (Lipinski definition) is 0. The molecule has 94 valence electrons. The monoisotopic (exact) mass is 308 g/mol. The van der Waals surface area contributed by atoms with Crippen molar-refractivity contribution in [3.8, 4) is 0 Å². The number of nitrogens with zero attached hydrogens (tertiary/aromatic N) is 2. The van der Waals surface area contributed by atoms with Gasteiger partial charge in [0.25, 0.3) is 5.91 Å². The number of halogens is 1. The largest absolute Gasteiger partial charge is 0.332 e. The molecule has 0 unspecified atom stereocenters. The summed E-state index contributed by atoms with van der Waals surface area (Å²) in [5.74, 6) is -0.0911. The quantitative estimate of drug-likeness (QED) is 0.749. The Morgan fingerprint density at radius 1 is 1.17 bits per heavy atom. The van der Waals surface area contributed by atoms with Gasteiger partial charge >= 0.3 is 6.03 Å². The third kappa shape index (κ3) is 1.65. The van der Waals surface area contributed by atoms with Crippen LogP contribution in [-0.4, -0.2) is 29.4 Å². The first-order valence-corrected chi connectivity index (χ1v) is 6.88. The van der Waals surface area contributed by atoms with Crippen LogP contribution in [-0.2, 0) is 4.79 Å². The molecular formula is C13H13BrN2O2. The highest BCUT2D eigenvalue weighted by molar-refractivity contribution is 9.10. The zero-order valence-corrected chi connectivity index (χ0v) is 11.4. The van der Waals surface area contributed by atoms with Gasteiger partial charge in [0.15, 0.2) is 0 Å². The molecule has 1 aromatic rings. The average molecular weight is 309 g/mol. The van der Waals surface area contributed by atoms with Gasteiger partial charge in [-0.1, -0.05) is 12.1 Å². The first-order valence-electron chi connectivity index (χ1n) is 6.09. The maximum absolute atomic E-state index is 12.3. The number of piperidine rings is 1. The molecule has 1 aromatic carbocycles. The van der Waals surface area contributed by atoms with Crippen LogP contribution in [0, 0.1) is 0 Å². The molecule has 0 spiro atoms. The molecule has 2 saturated heterocycles. The van der Waals surface area contributed by atoms with E-state index in [2.05, 4.69) is 15.9 Å². The highest BCUT2D eigenvalue weighted by atomic mass is 79.9. The molecular weight excluding hydrogens is 296 g/mol. The van der Waals surface area contributed by atoms with Gasteiger partial charge in [0.2, 0.25) is 0 Å². The Morgan fingerprint density at radius 2 is 1.94 bits per heavy atom. The van der Waals surface area contributed by atoms with Crippen LogP contribution in [0.1, 0.15) is 19.3 Å². The van der Waals surface area contributed by atoms with Crippen molar-refractivity contribution in [2.45, 2.75) is 25.3 Å². The fourth-order valence-electron chi connectivity index (χ4n) is 2.64. The van der Waals surface area contributed by atoms with Gasteiger partial charge in [0, 0.05) is 11.0 Å². The molecule has 0 saturated carbocycles. The van der Waals surface area contributed by atoms with Gasteiger partial charge in [0.1, 0.15) is 6.04 Å². The SMILES string of the molecule is O=C1[C@@H]2CCCCN2C(=O)N1c1ccccc1Br. The van der Waals surface area contributed by atoms with Crippen LogP contribution in [0.2, 0.25) is 0 Å². The number of benzene rings is 1. The summed E-state index contributed by atoms with van der Waals surface area (Å²) < 4.78 is 0.770. The third-order valence-corrected chi connectivity index (χ3v) is 4.21. The number of urea groups is 1. The number of fused-ring (bicyclic) bond motifs is 1. The zero-order chi connectivity index (χ0) is 12.7. The van der Waals surface area contributed by atoms with Gasteiger partial charge in [-0.2, -0.15) is 0 Å². The van der Waals surface area contributed by atoms with E-state index in [9.17, 15) is 9.59 Å². The van der Waals surface area contributed by atoms with Crippen LogP contribution in [0.5, 0.6) is 0 Å². The summed E-state index contributed by atoms with van der Waals surface area (Å²) in [6, 6.07) is 6.89. The molecule has 2 fully saturated rings. The van der Waals surface area contributed by atoms with E-state index in [4.69, 9.17) is 0 Å². The Morgan fingerprint density at radius 3 is 2.67 bits per heavy atom. The molecule has 2 heterocycles. The molecule has 0 aromatic heterocycles. The molecule has 0 aliphatic carbocycles. The summed E-state index contributed by atoms with van der Waals surface area (Å²) in [6.45, 7) is 0.691. The predicted molar refractivity (Wildman–Crippen MR) is 71.4 cm³/mol. The number of carbonyl (C=O) groups excluding carboxylic acids is 2. The minimum atomic E-state index is -0.252. The van der Waals surface area contributed by atoms with Gasteiger partial charge in [-0.15, -0.1) is 0 Å². The number of para-hydroxylation sites is 1. The molecule has 1 atom stereocenters. The van der Waals surface area contributed by atoms with Crippen LogP contribution in [0.25, 0.3) is 0 Å². The Labute approximate surface area is 114 Å². The topological polar surface area (TPSA) is 40.6 Å². The lowest BCUT2D eigenvalue weighted by Crippen LogP contribution is -2.39. The van der Waals surface area contributed by atoms with Crippen molar-refractivity contribution < 1.29 is 9.59 Å². The van der Waals surface area contributed by atoms with Crippen molar-refractivity contribution >= 4 is 33.6 Å². The maximum Gasteiger partial charge on any atom is 0.332 e. The summed E-state index contributed by atoms with van der Waals surface area (Å²) in [7, 11) is 0. The average Bonchev–Trinajstić information content (AvgIpc) is 2.64. The normalized spacial score (nSPS) is 23.5. The lowest BCUT2D eigenvalue weighted by molar-refractivity contribution is -0.120. The maximum atomic E-state index is 12.3. The molecule has 18 heavy (non-hydrogen) atoms. The number of hydrogen-bond acceptors (Lipinski definition) is 2. The van der Waals surface area contributed by atoms with E-state index in [1.54, 1.807) is 11.0 Å². The summed E-state index contributed by atoms with van der Waals surface area (Å²) in [4.78, 5) is 27.7. The second-order valence-electron chi connectivity index (χ2n) is 4.61. The van der Waals surface area contributed by atoms with Gasteiger partial charge in [0.05, 0.1) is 5.69 Å². The summed E-state index contributed by atoms with van der Waals surface area (Å²) >= 11 is 3.40. The highest BCUT2D eigenvalue weighted by Crippen LogP contribution is 2.34. The van der Waals surface area contributed by atoms with Crippen molar-refractivity contribution in [1.29, 1.82) is 0 Å². The first kappa shape index (κ1) is 11.7. The molecule has 4 nitrogen and oxygen atoms in total. The van der Waals surface area contributed by atoms with E-state index in [1.165, 1.54) is 4.90 Å². The number of amides is 3. The Hall–Kier alpha value is -1.36. The van der Waals surface area contributed by atoms with E-state index < -0.39 is 0 Å². The smallest absolute Gasteiger partial charge is 0.312 e. The fraction of sp³-hybridized carbons (Fsp3) is 0.385. The molecule has 2 aliphatic heterocycles. The number of rotatable bonds is 1. The van der Waals surface area contributed by atoms with Crippen molar-refractivity contribution in [2.24, 2.45) is 0 Å². The standard InChI is InChI=1S/C13H13BrN2O2/c14-9-5-1-2-6-10(9)16-12(17)11-7-3-4-8-15(11)13(16)18/h1-2,5-6,11H,3-4,7-8H2/t11-/m0/s1.